The van der Waals surface area contributed by atoms with Crippen molar-refractivity contribution in [2.75, 3.05) is 26.7 Å². The van der Waals surface area contributed by atoms with Crippen molar-refractivity contribution in [2.45, 2.75) is 0 Å². The van der Waals surface area contributed by atoms with E-state index in [0.717, 1.165) is 0 Å². The molecular weight excluding hydrogens is 336 g/mol. The van der Waals surface area contributed by atoms with E-state index in [1.165, 1.54) is 16.2 Å². The summed E-state index contributed by atoms with van der Waals surface area (Å²) >= 11 is 7.20. The number of hydrogen-bond acceptors (Lipinski definition) is 4. The van der Waals surface area contributed by atoms with E-state index in [1.807, 2.05) is 5.38 Å². The molecule has 23 heavy (non-hydrogen) atoms. The van der Waals surface area contributed by atoms with Gasteiger partial charge in [-0.25, -0.2) is 0 Å². The molecule has 0 spiro atoms. The van der Waals surface area contributed by atoms with Gasteiger partial charge in [0.2, 0.25) is 5.91 Å². The van der Waals surface area contributed by atoms with E-state index >= 15 is 0 Å². The topological polar surface area (TPSA) is 58.6 Å². The molecule has 2 rings (SSSR count). The lowest BCUT2D eigenvalue weighted by molar-refractivity contribution is -0.129. The van der Waals surface area contributed by atoms with Crippen LogP contribution in [-0.4, -0.2) is 43.5 Å². The van der Waals surface area contributed by atoms with Crippen LogP contribution in [0.2, 0.25) is 5.02 Å². The summed E-state index contributed by atoms with van der Waals surface area (Å²) in [5, 5.41) is 5.02. The van der Waals surface area contributed by atoms with E-state index in [4.69, 9.17) is 16.3 Å². The molecule has 0 saturated carbocycles. The van der Waals surface area contributed by atoms with Gasteiger partial charge in [-0.3, -0.25) is 9.59 Å². The van der Waals surface area contributed by atoms with E-state index in [-0.39, 0.29) is 18.4 Å². The van der Waals surface area contributed by atoms with Crippen molar-refractivity contribution in [3.05, 3.63) is 51.7 Å². The van der Waals surface area contributed by atoms with Gasteiger partial charge in [0.25, 0.3) is 5.91 Å². The third-order valence-electron chi connectivity index (χ3n) is 3.06. The number of nitrogens with zero attached hydrogens (tertiary/aromatic N) is 1. The minimum Gasteiger partial charge on any atom is -0.492 e. The second-order valence-corrected chi connectivity index (χ2v) is 6.17. The van der Waals surface area contributed by atoms with Crippen molar-refractivity contribution in [1.82, 2.24) is 10.2 Å². The smallest absolute Gasteiger partial charge is 0.261 e. The van der Waals surface area contributed by atoms with Crippen LogP contribution >= 0.6 is 22.9 Å². The highest BCUT2D eigenvalue weighted by molar-refractivity contribution is 7.12. The van der Waals surface area contributed by atoms with E-state index < -0.39 is 0 Å². The molecule has 0 aliphatic rings. The SMILES string of the molecule is CN(CCOc1cccc(Cl)c1)C(=O)CNC(=O)c1cccs1. The maximum absolute atomic E-state index is 12.0. The molecule has 0 unspecified atom stereocenters. The Bertz CT molecular complexity index is 661. The number of rotatable bonds is 7. The largest absolute Gasteiger partial charge is 0.492 e. The normalized spacial score (nSPS) is 10.2. The zero-order chi connectivity index (χ0) is 16.7. The van der Waals surface area contributed by atoms with Crippen LogP contribution in [0.5, 0.6) is 5.75 Å². The van der Waals surface area contributed by atoms with Gasteiger partial charge in [0.15, 0.2) is 0 Å². The first-order valence-electron chi connectivity index (χ1n) is 7.00. The maximum Gasteiger partial charge on any atom is 0.261 e. The number of nitrogens with one attached hydrogen (secondary N) is 1. The molecule has 1 aromatic carbocycles. The Morgan fingerprint density at radius 3 is 2.83 bits per heavy atom. The van der Waals surface area contributed by atoms with E-state index in [2.05, 4.69) is 5.32 Å². The van der Waals surface area contributed by atoms with Crippen molar-refractivity contribution in [3.8, 4) is 5.75 Å². The van der Waals surface area contributed by atoms with Crippen LogP contribution in [0.4, 0.5) is 0 Å². The lowest BCUT2D eigenvalue weighted by atomic mass is 10.3. The van der Waals surface area contributed by atoms with Crippen LogP contribution in [0.15, 0.2) is 41.8 Å². The zero-order valence-electron chi connectivity index (χ0n) is 12.6. The summed E-state index contributed by atoms with van der Waals surface area (Å²) in [6, 6.07) is 10.6. The van der Waals surface area contributed by atoms with Gasteiger partial charge in [0.1, 0.15) is 12.4 Å². The molecule has 0 saturated heterocycles. The van der Waals surface area contributed by atoms with Crippen LogP contribution < -0.4 is 10.1 Å². The lowest BCUT2D eigenvalue weighted by Gasteiger charge is -2.17. The Hall–Kier alpha value is -2.05. The standard InChI is InChI=1S/C16H17ClN2O3S/c1-19(7-8-22-13-5-2-4-12(17)10-13)15(20)11-18-16(21)14-6-3-9-23-14/h2-6,9-10H,7-8,11H2,1H3,(H,18,21). The number of halogens is 1. The molecule has 5 nitrogen and oxygen atoms in total. The number of ether oxygens (including phenoxy) is 1. The summed E-state index contributed by atoms with van der Waals surface area (Å²) in [4.78, 5) is 25.8. The summed E-state index contributed by atoms with van der Waals surface area (Å²) in [5.74, 6) is 0.242. The van der Waals surface area contributed by atoms with Gasteiger partial charge in [-0.1, -0.05) is 23.7 Å². The average molecular weight is 353 g/mol. The fourth-order valence-corrected chi connectivity index (χ4v) is 2.59. The van der Waals surface area contributed by atoms with E-state index in [1.54, 1.807) is 43.4 Å². The Labute approximate surface area is 143 Å². The molecule has 1 heterocycles. The molecule has 7 heteroatoms. The number of carbonyl (C=O) groups is 2. The molecule has 0 aliphatic carbocycles. The van der Waals surface area contributed by atoms with Crippen molar-refractivity contribution < 1.29 is 14.3 Å². The highest BCUT2D eigenvalue weighted by Gasteiger charge is 2.12. The minimum atomic E-state index is -0.239. The summed E-state index contributed by atoms with van der Waals surface area (Å²) in [5.41, 5.74) is 0. The molecule has 0 bridgehead atoms. The fourth-order valence-electron chi connectivity index (χ4n) is 1.77. The first-order chi connectivity index (χ1) is 11.1. The van der Waals surface area contributed by atoms with E-state index in [9.17, 15) is 9.59 Å². The van der Waals surface area contributed by atoms with Gasteiger partial charge < -0.3 is 15.0 Å². The lowest BCUT2D eigenvalue weighted by Crippen LogP contribution is -2.39. The predicted octanol–water partition coefficient (Wildman–Crippen LogP) is 2.67. The van der Waals surface area contributed by atoms with Crippen LogP contribution in [0.1, 0.15) is 9.67 Å². The van der Waals surface area contributed by atoms with Gasteiger partial charge >= 0.3 is 0 Å². The Kier molecular flexibility index (Phi) is 6.43. The number of hydrogen-bond donors (Lipinski definition) is 1. The van der Waals surface area contributed by atoms with Crippen molar-refractivity contribution in [1.29, 1.82) is 0 Å². The Balaban J connectivity index is 1.69. The average Bonchev–Trinajstić information content (AvgIpc) is 3.06. The highest BCUT2D eigenvalue weighted by atomic mass is 35.5. The van der Waals surface area contributed by atoms with Gasteiger partial charge in [-0.15, -0.1) is 11.3 Å². The molecule has 2 aromatic rings. The molecule has 122 valence electrons. The summed E-state index contributed by atoms with van der Waals surface area (Å²) in [7, 11) is 1.67. The highest BCUT2D eigenvalue weighted by Crippen LogP contribution is 2.16. The fraction of sp³-hybridized carbons (Fsp3) is 0.250. The third-order valence-corrected chi connectivity index (χ3v) is 4.17. The summed E-state index contributed by atoms with van der Waals surface area (Å²) in [6.45, 7) is 0.728. The van der Waals surface area contributed by atoms with Crippen molar-refractivity contribution in [3.63, 3.8) is 0 Å². The first kappa shape index (κ1) is 17.3. The molecule has 2 amide bonds. The van der Waals surface area contributed by atoms with Gasteiger partial charge in [-0.05, 0) is 29.6 Å². The van der Waals surface area contributed by atoms with Gasteiger partial charge in [0, 0.05) is 12.1 Å². The van der Waals surface area contributed by atoms with Crippen LogP contribution in [0.3, 0.4) is 0 Å². The van der Waals surface area contributed by atoms with Gasteiger partial charge in [0.05, 0.1) is 18.0 Å². The minimum absolute atomic E-state index is 0.0373. The van der Waals surface area contributed by atoms with Gasteiger partial charge in [-0.2, -0.15) is 0 Å². The molecule has 1 N–H and O–H groups in total. The van der Waals surface area contributed by atoms with Crippen molar-refractivity contribution >= 4 is 34.8 Å². The van der Waals surface area contributed by atoms with E-state index in [0.29, 0.717) is 28.8 Å². The number of carbonyl (C=O) groups excluding carboxylic acids is 2. The Morgan fingerprint density at radius 2 is 2.13 bits per heavy atom. The monoisotopic (exact) mass is 352 g/mol. The number of benzene rings is 1. The van der Waals surface area contributed by atoms with Crippen LogP contribution in [0, 0.1) is 0 Å². The van der Waals surface area contributed by atoms with Crippen LogP contribution in [0.25, 0.3) is 0 Å². The first-order valence-corrected chi connectivity index (χ1v) is 8.26. The second kappa shape index (κ2) is 8.55. The molecule has 1 aromatic heterocycles. The number of thiophene rings is 1. The quantitative estimate of drug-likeness (QED) is 0.833. The molecule has 0 radical (unpaired) electrons. The molecular formula is C16H17ClN2O3S. The zero-order valence-corrected chi connectivity index (χ0v) is 14.2. The summed E-state index contributed by atoms with van der Waals surface area (Å²) < 4.78 is 5.53. The number of amides is 2. The predicted molar refractivity (Wildman–Crippen MR) is 91.2 cm³/mol. The maximum atomic E-state index is 12.0. The molecule has 0 aliphatic heterocycles. The number of likely N-dealkylation sites (N-methyl/N-ethyl adjacent to an activating group) is 1. The molecule has 0 atom stereocenters. The van der Waals surface area contributed by atoms with Crippen molar-refractivity contribution in [2.24, 2.45) is 0 Å². The molecule has 0 fully saturated rings. The second-order valence-electron chi connectivity index (χ2n) is 4.78. The third kappa shape index (κ3) is 5.58. The van der Waals surface area contributed by atoms with Crippen LogP contribution in [-0.2, 0) is 4.79 Å². The summed E-state index contributed by atoms with van der Waals surface area (Å²) in [6.07, 6.45) is 0. The Morgan fingerprint density at radius 1 is 1.30 bits per heavy atom.